The van der Waals surface area contributed by atoms with Gasteiger partial charge >= 0.3 is 15.6 Å². The highest BCUT2D eigenvalue weighted by Crippen LogP contribution is 2.43. The van der Waals surface area contributed by atoms with Crippen molar-refractivity contribution < 1.29 is 39.6 Å². The Morgan fingerprint density at radius 3 is 2.34 bits per heavy atom. The molecule has 180 valence electrons. The van der Waals surface area contributed by atoms with Gasteiger partial charge in [-0.1, -0.05) is 6.07 Å². The van der Waals surface area contributed by atoms with Crippen LogP contribution in [0.4, 0.5) is 13.2 Å². The number of hydrogen-bond donors (Lipinski definition) is 0. The molecule has 2 aliphatic rings. The SMILES string of the molecule is CCOP(OCC)c1ccc2c(c1)CCCC(C1CCOCC1)=C2OS(=O)(=O)C(F)(F)F. The first kappa shape index (κ1) is 25.4. The van der Waals surface area contributed by atoms with Crippen LogP contribution in [0.1, 0.15) is 50.7 Å². The van der Waals surface area contributed by atoms with Crippen molar-refractivity contribution in [3.63, 3.8) is 0 Å². The molecule has 6 nitrogen and oxygen atoms in total. The Bertz CT molecular complexity index is 920. The molecule has 11 heteroatoms. The summed E-state index contributed by atoms with van der Waals surface area (Å²) in [6, 6.07) is 5.18. The van der Waals surface area contributed by atoms with Crippen molar-refractivity contribution in [1.29, 1.82) is 0 Å². The molecule has 0 unspecified atom stereocenters. The maximum Gasteiger partial charge on any atom is 0.534 e. The summed E-state index contributed by atoms with van der Waals surface area (Å²) in [5.74, 6) is -0.276. The van der Waals surface area contributed by atoms with Crippen LogP contribution >= 0.6 is 8.38 Å². The van der Waals surface area contributed by atoms with E-state index in [-0.39, 0.29) is 11.7 Å². The molecule has 1 fully saturated rings. The second-order valence-corrected chi connectivity index (χ2v) is 10.6. The predicted octanol–water partition coefficient (Wildman–Crippen LogP) is 5.04. The Labute approximate surface area is 188 Å². The van der Waals surface area contributed by atoms with Crippen molar-refractivity contribution in [1.82, 2.24) is 0 Å². The first-order chi connectivity index (χ1) is 15.2. The molecule has 0 aromatic heterocycles. The third-order valence-electron chi connectivity index (χ3n) is 5.41. The zero-order valence-electron chi connectivity index (χ0n) is 18.1. The number of benzene rings is 1. The fourth-order valence-electron chi connectivity index (χ4n) is 3.99. The van der Waals surface area contributed by atoms with Gasteiger partial charge in [-0.15, -0.1) is 0 Å². The minimum Gasteiger partial charge on any atom is -0.381 e. The Hall–Kier alpha value is -1.19. The van der Waals surface area contributed by atoms with Crippen LogP contribution in [-0.4, -0.2) is 40.4 Å². The fraction of sp³-hybridized carbons (Fsp3) is 0.619. The second-order valence-electron chi connectivity index (χ2n) is 7.51. The first-order valence-electron chi connectivity index (χ1n) is 10.7. The van der Waals surface area contributed by atoms with Crippen LogP contribution in [0.2, 0.25) is 0 Å². The van der Waals surface area contributed by atoms with Crippen LogP contribution < -0.4 is 5.30 Å². The molecule has 0 N–H and O–H groups in total. The summed E-state index contributed by atoms with van der Waals surface area (Å²) in [5, 5.41) is 0.787. The summed E-state index contributed by atoms with van der Waals surface area (Å²) >= 11 is 0. The Kier molecular flexibility index (Phi) is 8.60. The van der Waals surface area contributed by atoms with E-state index in [2.05, 4.69) is 0 Å². The number of rotatable bonds is 8. The maximum atomic E-state index is 13.2. The third-order valence-corrected chi connectivity index (χ3v) is 8.05. The molecule has 32 heavy (non-hydrogen) atoms. The highest BCUT2D eigenvalue weighted by molar-refractivity contribution is 7.87. The van der Waals surface area contributed by atoms with Crippen LogP contribution in [0.5, 0.6) is 0 Å². The molecule has 3 rings (SSSR count). The summed E-state index contributed by atoms with van der Waals surface area (Å²) in [7, 11) is -7.14. The van der Waals surface area contributed by atoms with Crippen LogP contribution in [0.15, 0.2) is 23.8 Å². The highest BCUT2D eigenvalue weighted by atomic mass is 32.2. The van der Waals surface area contributed by atoms with E-state index in [1.165, 1.54) is 0 Å². The summed E-state index contributed by atoms with van der Waals surface area (Å²) in [6.45, 7) is 5.57. The van der Waals surface area contributed by atoms with Crippen LogP contribution in [0.3, 0.4) is 0 Å². The second kappa shape index (κ2) is 10.8. The van der Waals surface area contributed by atoms with Crippen LogP contribution in [0.25, 0.3) is 5.76 Å². The number of alkyl halides is 3. The molecule has 0 bridgehead atoms. The van der Waals surface area contributed by atoms with Crippen LogP contribution in [-0.2, 0) is 34.5 Å². The number of fused-ring (bicyclic) bond motifs is 1. The van der Waals surface area contributed by atoms with E-state index < -0.39 is 24.0 Å². The lowest BCUT2D eigenvalue weighted by molar-refractivity contribution is -0.0510. The fourth-order valence-corrected chi connectivity index (χ4v) is 5.80. The lowest BCUT2D eigenvalue weighted by atomic mass is 9.87. The molecule has 0 spiro atoms. The van der Waals surface area contributed by atoms with E-state index >= 15 is 0 Å². The molecule has 1 aromatic rings. The summed E-state index contributed by atoms with van der Waals surface area (Å²) in [4.78, 5) is 0. The number of allylic oxidation sites excluding steroid dienone is 1. The van der Waals surface area contributed by atoms with E-state index in [9.17, 15) is 21.6 Å². The number of ether oxygens (including phenoxy) is 1. The summed E-state index contributed by atoms with van der Waals surface area (Å²) in [6.07, 6.45) is 2.94. The van der Waals surface area contributed by atoms with Gasteiger partial charge in [0, 0.05) is 24.1 Å². The molecule has 0 amide bonds. The van der Waals surface area contributed by atoms with Gasteiger partial charge in [0.2, 0.25) is 8.38 Å². The normalized spacial score (nSPS) is 18.6. The molecule has 1 heterocycles. The maximum absolute atomic E-state index is 13.2. The minimum atomic E-state index is -5.81. The van der Waals surface area contributed by atoms with Gasteiger partial charge in [0.05, 0.1) is 13.2 Å². The topological polar surface area (TPSA) is 71.1 Å². The van der Waals surface area contributed by atoms with Gasteiger partial charge in [-0.3, -0.25) is 0 Å². The van der Waals surface area contributed by atoms with E-state index in [0.29, 0.717) is 69.7 Å². The molecule has 1 aromatic carbocycles. The van der Waals surface area contributed by atoms with Gasteiger partial charge in [-0.2, -0.15) is 21.6 Å². The molecule has 1 aliphatic carbocycles. The summed E-state index contributed by atoms with van der Waals surface area (Å²) in [5.41, 5.74) is -3.79. The molecule has 1 saturated heterocycles. The Morgan fingerprint density at radius 2 is 1.75 bits per heavy atom. The Morgan fingerprint density at radius 1 is 1.09 bits per heavy atom. The standard InChI is InChI=1S/C21H28F3O6PS/c1-3-28-31(29-4-2)17-8-9-19-16(14-17)6-5-7-18(15-10-12-27-13-11-15)20(19)30-32(25,26)21(22,23)24/h8-9,14-15H,3-7,10-13H2,1-2H3. The summed E-state index contributed by atoms with van der Waals surface area (Å²) < 4.78 is 85.1. The largest absolute Gasteiger partial charge is 0.534 e. The molecular weight excluding hydrogens is 468 g/mol. The number of aryl methyl sites for hydroxylation is 1. The van der Waals surface area contributed by atoms with E-state index in [1.807, 2.05) is 19.9 Å². The van der Waals surface area contributed by atoms with Crippen molar-refractivity contribution >= 4 is 29.6 Å². The molecule has 0 atom stereocenters. The zero-order chi connectivity index (χ0) is 23.4. The molecule has 1 aliphatic heterocycles. The quantitative estimate of drug-likeness (QED) is 0.285. The minimum absolute atomic E-state index is 0.0863. The average Bonchev–Trinajstić information content (AvgIpc) is 2.92. The first-order valence-corrected chi connectivity index (χ1v) is 13.3. The van der Waals surface area contributed by atoms with Crippen molar-refractivity contribution in [2.45, 2.75) is 51.5 Å². The van der Waals surface area contributed by atoms with Gasteiger partial charge in [-0.05, 0) is 75.1 Å². The highest BCUT2D eigenvalue weighted by Gasteiger charge is 2.49. The van der Waals surface area contributed by atoms with Gasteiger partial charge in [0.25, 0.3) is 0 Å². The average molecular weight is 496 g/mol. The molecule has 0 saturated carbocycles. The molecular formula is C21H28F3O6PS. The Balaban J connectivity index is 2.09. The van der Waals surface area contributed by atoms with Crippen molar-refractivity contribution in [3.05, 3.63) is 34.9 Å². The zero-order valence-corrected chi connectivity index (χ0v) is 19.8. The van der Waals surface area contributed by atoms with Crippen molar-refractivity contribution in [3.8, 4) is 0 Å². The lowest BCUT2D eigenvalue weighted by Gasteiger charge is -2.27. The molecule has 0 radical (unpaired) electrons. The van der Waals surface area contributed by atoms with Gasteiger partial charge in [0.15, 0.2) is 0 Å². The van der Waals surface area contributed by atoms with Crippen LogP contribution in [0, 0.1) is 5.92 Å². The van der Waals surface area contributed by atoms with E-state index in [0.717, 1.165) is 10.9 Å². The van der Waals surface area contributed by atoms with E-state index in [1.54, 1.807) is 12.1 Å². The van der Waals surface area contributed by atoms with Gasteiger partial charge in [0.1, 0.15) is 5.76 Å². The predicted molar refractivity (Wildman–Crippen MR) is 116 cm³/mol. The van der Waals surface area contributed by atoms with Gasteiger partial charge < -0.3 is 18.0 Å². The number of hydrogen-bond acceptors (Lipinski definition) is 6. The van der Waals surface area contributed by atoms with Crippen molar-refractivity contribution in [2.75, 3.05) is 26.4 Å². The van der Waals surface area contributed by atoms with E-state index in [4.69, 9.17) is 18.0 Å². The van der Waals surface area contributed by atoms with Crippen molar-refractivity contribution in [2.24, 2.45) is 5.92 Å². The lowest BCUT2D eigenvalue weighted by Crippen LogP contribution is -2.26. The number of halogens is 3. The smallest absolute Gasteiger partial charge is 0.381 e. The third kappa shape index (κ3) is 5.83. The monoisotopic (exact) mass is 496 g/mol. The van der Waals surface area contributed by atoms with Gasteiger partial charge in [-0.25, -0.2) is 0 Å².